The van der Waals surface area contributed by atoms with E-state index in [9.17, 15) is 39.6 Å². The van der Waals surface area contributed by atoms with E-state index in [1.807, 2.05) is 0 Å². The number of aliphatic carboxylic acids is 4. The molecule has 8 nitrogen and oxygen atoms in total. The number of allylic oxidation sites excluding steroid dienone is 1. The second kappa shape index (κ2) is 13.2. The van der Waals surface area contributed by atoms with E-state index in [2.05, 4.69) is 6.92 Å². The summed E-state index contributed by atoms with van der Waals surface area (Å²) in [6.07, 6.45) is 11.0. The van der Waals surface area contributed by atoms with Gasteiger partial charge in [0.1, 0.15) is 5.41 Å². The SMILES string of the molecule is CCCCCCCCCCC=CC(CC(=O)O)(C(=O)O)C1(C(=O)O)CCC(C(=O)O)CC1. The van der Waals surface area contributed by atoms with Gasteiger partial charge in [-0.2, -0.15) is 0 Å². The Morgan fingerprint density at radius 3 is 1.84 bits per heavy atom. The average molecular weight is 455 g/mol. The summed E-state index contributed by atoms with van der Waals surface area (Å²) in [6.45, 7) is 2.17. The van der Waals surface area contributed by atoms with E-state index in [4.69, 9.17) is 0 Å². The van der Waals surface area contributed by atoms with Crippen molar-refractivity contribution in [3.63, 3.8) is 0 Å². The first-order valence-corrected chi connectivity index (χ1v) is 11.7. The first-order valence-electron chi connectivity index (χ1n) is 11.7. The van der Waals surface area contributed by atoms with Gasteiger partial charge in [-0.1, -0.05) is 64.0 Å². The van der Waals surface area contributed by atoms with Crippen LogP contribution in [-0.2, 0) is 19.2 Å². The first kappa shape index (κ1) is 27.7. The van der Waals surface area contributed by atoms with E-state index in [1.165, 1.54) is 31.8 Å². The van der Waals surface area contributed by atoms with Crippen molar-refractivity contribution >= 4 is 23.9 Å². The van der Waals surface area contributed by atoms with Crippen LogP contribution in [0.2, 0.25) is 0 Å². The van der Waals surface area contributed by atoms with Crippen LogP contribution in [0, 0.1) is 16.7 Å². The Bertz CT molecular complexity index is 675. The minimum atomic E-state index is -2.13. The lowest BCUT2D eigenvalue weighted by Crippen LogP contribution is -2.54. The monoisotopic (exact) mass is 454 g/mol. The van der Waals surface area contributed by atoms with Crippen molar-refractivity contribution in [3.8, 4) is 0 Å². The summed E-state index contributed by atoms with van der Waals surface area (Å²) in [5, 5.41) is 38.8. The molecule has 1 saturated carbocycles. The summed E-state index contributed by atoms with van der Waals surface area (Å²) in [6, 6.07) is 0. The zero-order valence-corrected chi connectivity index (χ0v) is 19.1. The molecule has 0 aromatic rings. The fourth-order valence-corrected chi connectivity index (χ4v) is 4.87. The summed E-state index contributed by atoms with van der Waals surface area (Å²) in [4.78, 5) is 47.6. The number of carbonyl (C=O) groups is 4. The molecule has 0 heterocycles. The van der Waals surface area contributed by atoms with Gasteiger partial charge >= 0.3 is 23.9 Å². The molecule has 0 aliphatic heterocycles. The number of carboxylic acids is 4. The first-order chi connectivity index (χ1) is 15.1. The molecule has 0 aromatic carbocycles. The number of carboxylic acid groups (broad SMARTS) is 4. The fourth-order valence-electron chi connectivity index (χ4n) is 4.87. The van der Waals surface area contributed by atoms with Gasteiger partial charge in [0, 0.05) is 0 Å². The smallest absolute Gasteiger partial charge is 0.315 e. The van der Waals surface area contributed by atoms with Crippen molar-refractivity contribution < 1.29 is 39.6 Å². The normalized spacial score (nSPS) is 23.0. The topological polar surface area (TPSA) is 149 Å². The molecule has 1 aliphatic rings. The molecule has 0 radical (unpaired) electrons. The van der Waals surface area contributed by atoms with Crippen LogP contribution in [0.4, 0.5) is 0 Å². The predicted octanol–water partition coefficient (Wildman–Crippen LogP) is 4.96. The molecule has 1 unspecified atom stereocenters. The number of hydrogen-bond donors (Lipinski definition) is 4. The summed E-state index contributed by atoms with van der Waals surface area (Å²) >= 11 is 0. The van der Waals surface area contributed by atoms with Crippen LogP contribution in [0.25, 0.3) is 0 Å². The third-order valence-corrected chi connectivity index (χ3v) is 6.89. The number of unbranched alkanes of at least 4 members (excludes halogenated alkanes) is 8. The van der Waals surface area contributed by atoms with Gasteiger partial charge in [-0.05, 0) is 38.5 Å². The zero-order valence-electron chi connectivity index (χ0n) is 19.1. The Morgan fingerprint density at radius 1 is 0.875 bits per heavy atom. The van der Waals surface area contributed by atoms with Gasteiger partial charge < -0.3 is 20.4 Å². The highest BCUT2D eigenvalue weighted by Crippen LogP contribution is 2.54. The summed E-state index contributed by atoms with van der Waals surface area (Å²) in [5.41, 5.74) is -3.99. The van der Waals surface area contributed by atoms with Crippen LogP contribution < -0.4 is 0 Å². The number of rotatable bonds is 16. The molecule has 1 rings (SSSR count). The Morgan fingerprint density at radius 2 is 1.41 bits per heavy atom. The predicted molar refractivity (Wildman–Crippen MR) is 118 cm³/mol. The molecule has 1 atom stereocenters. The van der Waals surface area contributed by atoms with E-state index in [0.717, 1.165) is 25.7 Å². The van der Waals surface area contributed by atoms with Gasteiger partial charge in [0.15, 0.2) is 0 Å². The molecule has 8 heteroatoms. The third kappa shape index (κ3) is 7.07. The number of hydrogen-bond acceptors (Lipinski definition) is 4. The van der Waals surface area contributed by atoms with Crippen LogP contribution in [-0.4, -0.2) is 44.3 Å². The van der Waals surface area contributed by atoms with Crippen molar-refractivity contribution in [1.29, 1.82) is 0 Å². The van der Waals surface area contributed by atoms with Gasteiger partial charge in [0.05, 0.1) is 17.8 Å². The second-order valence-electron chi connectivity index (χ2n) is 9.01. The summed E-state index contributed by atoms with van der Waals surface area (Å²) in [5.74, 6) is -6.08. The largest absolute Gasteiger partial charge is 0.481 e. The quantitative estimate of drug-likeness (QED) is 0.189. The van der Waals surface area contributed by atoms with Crippen molar-refractivity contribution in [2.24, 2.45) is 16.7 Å². The Kier molecular flexibility index (Phi) is 11.4. The highest BCUT2D eigenvalue weighted by molar-refractivity contribution is 5.92. The minimum Gasteiger partial charge on any atom is -0.481 e. The van der Waals surface area contributed by atoms with Crippen LogP contribution >= 0.6 is 0 Å². The van der Waals surface area contributed by atoms with Crippen molar-refractivity contribution in [1.82, 2.24) is 0 Å². The van der Waals surface area contributed by atoms with Crippen LogP contribution in [0.3, 0.4) is 0 Å². The van der Waals surface area contributed by atoms with Crippen molar-refractivity contribution in [2.45, 2.75) is 96.8 Å². The molecule has 1 fully saturated rings. The molecule has 0 bridgehead atoms. The maximum absolute atomic E-state index is 12.4. The van der Waals surface area contributed by atoms with Crippen molar-refractivity contribution in [3.05, 3.63) is 12.2 Å². The fraction of sp³-hybridized carbons (Fsp3) is 0.750. The summed E-state index contributed by atoms with van der Waals surface area (Å²) < 4.78 is 0. The standard InChI is InChI=1S/C24H38O8/c1-2-3-4-5-6-7-8-9-10-11-14-24(22(31)32,17-19(25)26)23(21(29)30)15-12-18(13-16-23)20(27)28/h11,14,18H,2-10,12-13,15-17H2,1H3,(H,25,26)(H,27,28)(H,29,30)(H,31,32). The molecule has 0 saturated heterocycles. The van der Waals surface area contributed by atoms with E-state index < -0.39 is 47.0 Å². The molecule has 0 spiro atoms. The van der Waals surface area contributed by atoms with E-state index in [1.54, 1.807) is 6.08 Å². The molecule has 4 N–H and O–H groups in total. The van der Waals surface area contributed by atoms with Crippen LogP contribution in [0.1, 0.15) is 96.8 Å². The van der Waals surface area contributed by atoms with E-state index >= 15 is 0 Å². The molecule has 32 heavy (non-hydrogen) atoms. The highest BCUT2D eigenvalue weighted by atomic mass is 16.4. The van der Waals surface area contributed by atoms with Gasteiger partial charge in [-0.15, -0.1) is 0 Å². The Balaban J connectivity index is 2.95. The summed E-state index contributed by atoms with van der Waals surface area (Å²) in [7, 11) is 0. The molecule has 182 valence electrons. The highest BCUT2D eigenvalue weighted by Gasteiger charge is 2.62. The van der Waals surface area contributed by atoms with Gasteiger partial charge in [0.25, 0.3) is 0 Å². The zero-order chi connectivity index (χ0) is 24.2. The Labute approximate surface area is 189 Å². The maximum Gasteiger partial charge on any atom is 0.315 e. The van der Waals surface area contributed by atoms with Gasteiger partial charge in [-0.3, -0.25) is 19.2 Å². The third-order valence-electron chi connectivity index (χ3n) is 6.89. The average Bonchev–Trinajstić information content (AvgIpc) is 2.73. The van der Waals surface area contributed by atoms with Gasteiger partial charge in [0.2, 0.25) is 0 Å². The molecule has 0 amide bonds. The van der Waals surface area contributed by atoms with E-state index in [0.29, 0.717) is 6.42 Å². The lowest BCUT2D eigenvalue weighted by Gasteiger charge is -2.46. The maximum atomic E-state index is 12.4. The van der Waals surface area contributed by atoms with Gasteiger partial charge in [-0.25, -0.2) is 0 Å². The van der Waals surface area contributed by atoms with E-state index in [-0.39, 0.29) is 25.7 Å². The van der Waals surface area contributed by atoms with Crippen LogP contribution in [0.15, 0.2) is 12.2 Å². The lowest BCUT2D eigenvalue weighted by atomic mass is 9.54. The van der Waals surface area contributed by atoms with Crippen molar-refractivity contribution in [2.75, 3.05) is 0 Å². The molecule has 1 aliphatic carbocycles. The molecule has 0 aromatic heterocycles. The van der Waals surface area contributed by atoms with Crippen LogP contribution in [0.5, 0.6) is 0 Å². The molecular formula is C24H38O8. The Hall–Kier alpha value is -2.38. The second-order valence-corrected chi connectivity index (χ2v) is 9.01. The lowest BCUT2D eigenvalue weighted by molar-refractivity contribution is -0.178. The minimum absolute atomic E-state index is 0.00214. The molecular weight excluding hydrogens is 416 g/mol.